The second kappa shape index (κ2) is 8.75. The van der Waals surface area contributed by atoms with Crippen molar-refractivity contribution < 1.29 is 19.0 Å². The van der Waals surface area contributed by atoms with E-state index in [9.17, 15) is 4.79 Å². The van der Waals surface area contributed by atoms with Crippen molar-refractivity contribution in [2.24, 2.45) is 0 Å². The topological polar surface area (TPSA) is 57.7 Å². The summed E-state index contributed by atoms with van der Waals surface area (Å²) in [5.74, 6) is 1.20. The summed E-state index contributed by atoms with van der Waals surface area (Å²) in [4.78, 5) is 17.7. The molecule has 5 heteroatoms. The van der Waals surface area contributed by atoms with Crippen molar-refractivity contribution in [3.8, 4) is 11.5 Å². The first-order valence-electron chi connectivity index (χ1n) is 10.8. The molecule has 1 aromatic heterocycles. The third-order valence-electron chi connectivity index (χ3n) is 5.98. The van der Waals surface area contributed by atoms with E-state index in [1.165, 1.54) is 0 Å². The first-order valence-corrected chi connectivity index (χ1v) is 10.8. The molecule has 1 fully saturated rings. The van der Waals surface area contributed by atoms with Gasteiger partial charge in [-0.3, -0.25) is 9.78 Å². The summed E-state index contributed by atoms with van der Waals surface area (Å²) in [7, 11) is 1.64. The van der Waals surface area contributed by atoms with E-state index in [1.807, 2.05) is 82.4 Å². The standard InChI is InChI=1S/C27H29NO4/c1-17-14-18(2)23(28-15-17)16-31-22-12-6-19(7-13-22)24-25(32-27(3,4)26(24)29)20-8-10-21(30-5)11-9-20/h6-15,24-25H,16H2,1-5H3. The highest BCUT2D eigenvalue weighted by atomic mass is 16.5. The Morgan fingerprint density at radius 3 is 2.22 bits per heavy atom. The van der Waals surface area contributed by atoms with Crippen LogP contribution < -0.4 is 9.47 Å². The zero-order valence-corrected chi connectivity index (χ0v) is 19.2. The molecule has 5 nitrogen and oxygen atoms in total. The number of carbonyl (C=O) groups is 1. The maximum Gasteiger partial charge on any atom is 0.174 e. The number of hydrogen-bond acceptors (Lipinski definition) is 5. The minimum Gasteiger partial charge on any atom is -0.497 e. The van der Waals surface area contributed by atoms with E-state index in [0.717, 1.165) is 39.4 Å². The summed E-state index contributed by atoms with van der Waals surface area (Å²) in [6, 6.07) is 17.5. The van der Waals surface area contributed by atoms with Crippen LogP contribution in [0.1, 0.15) is 53.8 Å². The first-order chi connectivity index (χ1) is 15.3. The smallest absolute Gasteiger partial charge is 0.174 e. The van der Waals surface area contributed by atoms with E-state index in [2.05, 4.69) is 11.1 Å². The number of ketones is 1. The zero-order chi connectivity index (χ0) is 22.9. The van der Waals surface area contributed by atoms with Crippen LogP contribution in [0.2, 0.25) is 0 Å². The van der Waals surface area contributed by atoms with Gasteiger partial charge in [0, 0.05) is 6.20 Å². The summed E-state index contributed by atoms with van der Waals surface area (Å²) in [5.41, 5.74) is 4.18. The Kier molecular flexibility index (Phi) is 6.02. The summed E-state index contributed by atoms with van der Waals surface area (Å²) in [5, 5.41) is 0. The van der Waals surface area contributed by atoms with Crippen LogP contribution in [0.25, 0.3) is 0 Å². The highest BCUT2D eigenvalue weighted by molar-refractivity contribution is 5.95. The lowest BCUT2D eigenvalue weighted by Gasteiger charge is -2.19. The molecule has 0 aliphatic carbocycles. The van der Waals surface area contributed by atoms with Crippen LogP contribution in [0.4, 0.5) is 0 Å². The second-order valence-electron chi connectivity index (χ2n) is 8.80. The highest BCUT2D eigenvalue weighted by Gasteiger charge is 2.49. The maximum atomic E-state index is 13.2. The van der Waals surface area contributed by atoms with E-state index in [-0.39, 0.29) is 17.8 Å². The number of benzene rings is 2. The second-order valence-corrected chi connectivity index (χ2v) is 8.80. The van der Waals surface area contributed by atoms with Gasteiger partial charge in [0.15, 0.2) is 5.78 Å². The molecule has 166 valence electrons. The molecule has 1 aliphatic rings. The van der Waals surface area contributed by atoms with Gasteiger partial charge in [0.05, 0.1) is 24.8 Å². The molecule has 0 spiro atoms. The predicted molar refractivity (Wildman–Crippen MR) is 123 cm³/mol. The fraction of sp³-hybridized carbons (Fsp3) is 0.333. The third kappa shape index (κ3) is 4.39. The molecule has 32 heavy (non-hydrogen) atoms. The van der Waals surface area contributed by atoms with Crippen LogP contribution in [-0.2, 0) is 16.1 Å². The van der Waals surface area contributed by atoms with E-state index >= 15 is 0 Å². The van der Waals surface area contributed by atoms with Gasteiger partial charge in [-0.2, -0.15) is 0 Å². The third-order valence-corrected chi connectivity index (χ3v) is 5.98. The molecule has 4 rings (SSSR count). The minimum atomic E-state index is -0.848. The Balaban J connectivity index is 1.54. The Morgan fingerprint density at radius 1 is 0.969 bits per heavy atom. The number of ether oxygens (including phenoxy) is 3. The molecule has 0 bridgehead atoms. The van der Waals surface area contributed by atoms with Crippen molar-refractivity contribution in [1.29, 1.82) is 0 Å². The number of nitrogens with zero attached hydrogens (tertiary/aromatic N) is 1. The number of methoxy groups -OCH3 is 1. The van der Waals surface area contributed by atoms with E-state index in [4.69, 9.17) is 14.2 Å². The summed E-state index contributed by atoms with van der Waals surface area (Å²) < 4.78 is 17.4. The van der Waals surface area contributed by atoms with Crippen LogP contribution in [0, 0.1) is 13.8 Å². The quantitative estimate of drug-likeness (QED) is 0.517. The Morgan fingerprint density at radius 2 is 1.59 bits per heavy atom. The monoisotopic (exact) mass is 431 g/mol. The molecule has 2 heterocycles. The van der Waals surface area contributed by atoms with Gasteiger partial charge in [-0.25, -0.2) is 0 Å². The molecule has 1 aliphatic heterocycles. The number of aryl methyl sites for hydroxylation is 2. The van der Waals surface area contributed by atoms with Gasteiger partial charge in [0.25, 0.3) is 0 Å². The molecule has 2 unspecified atom stereocenters. The van der Waals surface area contributed by atoms with Gasteiger partial charge in [0.1, 0.15) is 23.7 Å². The molecule has 0 radical (unpaired) electrons. The maximum absolute atomic E-state index is 13.2. The molecule has 1 saturated heterocycles. The van der Waals surface area contributed by atoms with Crippen molar-refractivity contribution in [3.05, 3.63) is 88.7 Å². The summed E-state index contributed by atoms with van der Waals surface area (Å²) in [6.07, 6.45) is 1.50. The molecule has 0 saturated carbocycles. The van der Waals surface area contributed by atoms with Crippen LogP contribution >= 0.6 is 0 Å². The van der Waals surface area contributed by atoms with Gasteiger partial charge in [0.2, 0.25) is 0 Å². The average Bonchev–Trinajstić information content (AvgIpc) is 3.02. The summed E-state index contributed by atoms with van der Waals surface area (Å²) in [6.45, 7) is 8.13. The zero-order valence-electron chi connectivity index (χ0n) is 19.2. The Labute approximate surface area is 189 Å². The van der Waals surface area contributed by atoms with E-state index in [1.54, 1.807) is 7.11 Å². The molecule has 0 amide bonds. The lowest BCUT2D eigenvalue weighted by Crippen LogP contribution is -2.29. The van der Waals surface area contributed by atoms with E-state index in [0.29, 0.717) is 6.61 Å². The van der Waals surface area contributed by atoms with Gasteiger partial charge >= 0.3 is 0 Å². The lowest BCUT2D eigenvalue weighted by atomic mass is 9.84. The van der Waals surface area contributed by atoms with Crippen molar-refractivity contribution in [1.82, 2.24) is 4.98 Å². The van der Waals surface area contributed by atoms with Gasteiger partial charge in [-0.15, -0.1) is 0 Å². The normalized spacial score (nSPS) is 19.7. The molecular weight excluding hydrogens is 402 g/mol. The lowest BCUT2D eigenvalue weighted by molar-refractivity contribution is -0.130. The average molecular weight is 432 g/mol. The predicted octanol–water partition coefficient (Wildman–Crippen LogP) is 5.49. The highest BCUT2D eigenvalue weighted by Crippen LogP contribution is 2.47. The largest absolute Gasteiger partial charge is 0.497 e. The molecular formula is C27H29NO4. The SMILES string of the molecule is COc1ccc(C2OC(C)(C)C(=O)C2c2ccc(OCc3ncc(C)cc3C)cc2)cc1. The number of carbonyl (C=O) groups excluding carboxylic acids is 1. The van der Waals surface area contributed by atoms with Crippen molar-refractivity contribution in [3.63, 3.8) is 0 Å². The Hall–Kier alpha value is -3.18. The van der Waals surface area contributed by atoms with Crippen LogP contribution in [0.3, 0.4) is 0 Å². The minimum absolute atomic E-state index is 0.0754. The molecule has 0 N–H and O–H groups in total. The fourth-order valence-corrected chi connectivity index (χ4v) is 4.15. The number of rotatable bonds is 6. The van der Waals surface area contributed by atoms with Crippen LogP contribution in [0.15, 0.2) is 60.8 Å². The van der Waals surface area contributed by atoms with E-state index < -0.39 is 5.60 Å². The van der Waals surface area contributed by atoms with Crippen molar-refractivity contribution in [2.45, 2.75) is 51.9 Å². The number of hydrogen-bond donors (Lipinski definition) is 0. The van der Waals surface area contributed by atoms with Crippen LogP contribution in [-0.4, -0.2) is 23.5 Å². The summed E-state index contributed by atoms with van der Waals surface area (Å²) >= 11 is 0. The first kappa shape index (κ1) is 22.0. The van der Waals surface area contributed by atoms with Gasteiger partial charge in [-0.1, -0.05) is 30.3 Å². The molecule has 2 atom stereocenters. The van der Waals surface area contributed by atoms with Gasteiger partial charge < -0.3 is 14.2 Å². The van der Waals surface area contributed by atoms with Crippen molar-refractivity contribution >= 4 is 5.78 Å². The number of aromatic nitrogens is 1. The fourth-order valence-electron chi connectivity index (χ4n) is 4.15. The van der Waals surface area contributed by atoms with Crippen LogP contribution in [0.5, 0.6) is 11.5 Å². The van der Waals surface area contributed by atoms with Gasteiger partial charge in [-0.05, 0) is 74.2 Å². The molecule has 3 aromatic rings. The van der Waals surface area contributed by atoms with Crippen molar-refractivity contribution in [2.75, 3.05) is 7.11 Å². The molecule has 2 aromatic carbocycles. The Bertz CT molecular complexity index is 1100. The number of pyridine rings is 1. The number of Topliss-reactive ketones (excluding diaryl/α,β-unsaturated/α-hetero) is 1.